The van der Waals surface area contributed by atoms with Crippen molar-refractivity contribution in [2.75, 3.05) is 24.7 Å². The summed E-state index contributed by atoms with van der Waals surface area (Å²) in [7, 11) is -3.23. The third-order valence-electron chi connectivity index (χ3n) is 3.24. The van der Waals surface area contributed by atoms with Crippen LogP contribution >= 0.6 is 0 Å². The molecule has 2 amide bonds. The molecule has 1 saturated heterocycles. The third kappa shape index (κ3) is 4.98. The second kappa shape index (κ2) is 6.40. The van der Waals surface area contributed by atoms with Gasteiger partial charge in [-0.15, -0.1) is 0 Å². The summed E-state index contributed by atoms with van der Waals surface area (Å²) < 4.78 is 37.9. The summed E-state index contributed by atoms with van der Waals surface area (Å²) in [4.78, 5) is 13.6. The van der Waals surface area contributed by atoms with Crippen LogP contribution in [0, 0.1) is 5.82 Å². The zero-order chi connectivity index (χ0) is 15.5. The molecule has 6 nitrogen and oxygen atoms in total. The van der Waals surface area contributed by atoms with Crippen LogP contribution in [-0.2, 0) is 10.0 Å². The van der Waals surface area contributed by atoms with Crippen molar-refractivity contribution in [1.29, 1.82) is 0 Å². The first-order valence-corrected chi connectivity index (χ1v) is 8.51. The van der Waals surface area contributed by atoms with Crippen molar-refractivity contribution in [2.45, 2.75) is 18.9 Å². The van der Waals surface area contributed by atoms with Crippen molar-refractivity contribution in [3.8, 4) is 0 Å². The molecule has 1 aromatic carbocycles. The Morgan fingerprint density at radius 2 is 2.00 bits per heavy atom. The predicted molar refractivity (Wildman–Crippen MR) is 78.0 cm³/mol. The van der Waals surface area contributed by atoms with Crippen LogP contribution in [0.3, 0.4) is 0 Å². The number of carbonyl (C=O) groups excluding carboxylic acids is 1. The van der Waals surface area contributed by atoms with Gasteiger partial charge in [0.15, 0.2) is 0 Å². The van der Waals surface area contributed by atoms with Gasteiger partial charge >= 0.3 is 6.03 Å². The number of sulfonamides is 1. The standard InChI is InChI=1S/C13H18FN3O3S/c1-21(19,20)16-11-5-7-17(8-6-11)13(18)15-12-4-2-3-10(14)9-12/h2-4,9,11,16H,5-8H2,1H3,(H,15,18). The normalized spacial score (nSPS) is 16.8. The first kappa shape index (κ1) is 15.7. The minimum absolute atomic E-state index is 0.141. The fourth-order valence-corrected chi connectivity index (χ4v) is 3.11. The number of amides is 2. The summed E-state index contributed by atoms with van der Waals surface area (Å²) in [6.07, 6.45) is 2.24. The van der Waals surface area contributed by atoms with E-state index in [4.69, 9.17) is 0 Å². The maximum absolute atomic E-state index is 13.0. The number of carbonyl (C=O) groups is 1. The number of rotatable bonds is 3. The van der Waals surface area contributed by atoms with Gasteiger partial charge in [-0.25, -0.2) is 22.3 Å². The van der Waals surface area contributed by atoms with E-state index in [1.165, 1.54) is 18.2 Å². The van der Waals surface area contributed by atoms with Gasteiger partial charge in [-0.05, 0) is 31.0 Å². The van der Waals surface area contributed by atoms with Crippen molar-refractivity contribution < 1.29 is 17.6 Å². The lowest BCUT2D eigenvalue weighted by Gasteiger charge is -2.32. The molecule has 0 aliphatic carbocycles. The van der Waals surface area contributed by atoms with Gasteiger partial charge in [0.1, 0.15) is 5.82 Å². The SMILES string of the molecule is CS(=O)(=O)NC1CCN(C(=O)Nc2cccc(F)c2)CC1. The van der Waals surface area contributed by atoms with Crippen LogP contribution in [0.25, 0.3) is 0 Å². The highest BCUT2D eigenvalue weighted by Gasteiger charge is 2.24. The third-order valence-corrected chi connectivity index (χ3v) is 4.00. The minimum Gasteiger partial charge on any atom is -0.324 e. The van der Waals surface area contributed by atoms with Crippen molar-refractivity contribution in [1.82, 2.24) is 9.62 Å². The Labute approximate surface area is 123 Å². The summed E-state index contributed by atoms with van der Waals surface area (Å²) in [6.45, 7) is 0.905. The number of nitrogens with one attached hydrogen (secondary N) is 2. The van der Waals surface area contributed by atoms with E-state index in [0.717, 1.165) is 6.26 Å². The molecule has 0 unspecified atom stereocenters. The van der Waals surface area contributed by atoms with Crippen LogP contribution in [-0.4, -0.2) is 44.7 Å². The zero-order valence-electron chi connectivity index (χ0n) is 11.7. The molecule has 8 heteroatoms. The molecule has 0 bridgehead atoms. The second-order valence-corrected chi connectivity index (χ2v) is 6.87. The Kier molecular flexibility index (Phi) is 4.79. The number of nitrogens with zero attached hydrogens (tertiary/aromatic N) is 1. The number of hydrogen-bond donors (Lipinski definition) is 2. The van der Waals surface area contributed by atoms with Crippen LogP contribution in [0.2, 0.25) is 0 Å². The molecule has 0 spiro atoms. The van der Waals surface area contributed by atoms with Crippen LogP contribution < -0.4 is 10.0 Å². The molecule has 116 valence electrons. The molecule has 0 aromatic heterocycles. The van der Waals surface area contributed by atoms with Crippen LogP contribution in [0.15, 0.2) is 24.3 Å². The van der Waals surface area contributed by atoms with E-state index >= 15 is 0 Å². The average molecular weight is 315 g/mol. The van der Waals surface area contributed by atoms with Crippen molar-refractivity contribution in [2.24, 2.45) is 0 Å². The van der Waals surface area contributed by atoms with Gasteiger partial charge in [-0.3, -0.25) is 0 Å². The molecule has 1 aromatic rings. The Hall–Kier alpha value is -1.67. The highest BCUT2D eigenvalue weighted by atomic mass is 32.2. The lowest BCUT2D eigenvalue weighted by atomic mass is 10.1. The fourth-order valence-electron chi connectivity index (χ4n) is 2.27. The van der Waals surface area contributed by atoms with Crippen molar-refractivity contribution in [3.63, 3.8) is 0 Å². The van der Waals surface area contributed by atoms with Gasteiger partial charge in [0.25, 0.3) is 0 Å². The molecule has 0 atom stereocenters. The highest BCUT2D eigenvalue weighted by molar-refractivity contribution is 7.88. The van der Waals surface area contributed by atoms with E-state index < -0.39 is 15.8 Å². The summed E-state index contributed by atoms with van der Waals surface area (Å²) in [5.41, 5.74) is 0.399. The Morgan fingerprint density at radius 1 is 1.33 bits per heavy atom. The smallest absolute Gasteiger partial charge is 0.321 e. The molecular weight excluding hydrogens is 297 g/mol. The molecule has 1 aliphatic rings. The summed E-state index contributed by atoms with van der Waals surface area (Å²) in [5.74, 6) is -0.413. The maximum Gasteiger partial charge on any atom is 0.321 e. The fraction of sp³-hybridized carbons (Fsp3) is 0.462. The van der Waals surface area contributed by atoms with E-state index in [-0.39, 0.29) is 12.1 Å². The van der Waals surface area contributed by atoms with Crippen LogP contribution in [0.1, 0.15) is 12.8 Å². The molecule has 1 heterocycles. The van der Waals surface area contributed by atoms with Gasteiger partial charge in [-0.2, -0.15) is 0 Å². The Balaban J connectivity index is 1.86. The van der Waals surface area contributed by atoms with Gasteiger partial charge in [0.2, 0.25) is 10.0 Å². The maximum atomic E-state index is 13.0. The Bertz CT molecular complexity index is 613. The van der Waals surface area contributed by atoms with E-state index in [1.807, 2.05) is 0 Å². The topological polar surface area (TPSA) is 78.5 Å². The second-order valence-electron chi connectivity index (χ2n) is 5.09. The lowest BCUT2D eigenvalue weighted by Crippen LogP contribution is -2.47. The summed E-state index contributed by atoms with van der Waals surface area (Å²) in [6, 6.07) is 5.23. The molecule has 0 radical (unpaired) electrons. The van der Waals surface area contributed by atoms with Gasteiger partial charge < -0.3 is 10.2 Å². The van der Waals surface area contributed by atoms with Gasteiger partial charge in [0, 0.05) is 24.8 Å². The number of hydrogen-bond acceptors (Lipinski definition) is 3. The molecule has 1 aliphatic heterocycles. The molecule has 2 N–H and O–H groups in total. The van der Waals surface area contributed by atoms with E-state index in [0.29, 0.717) is 31.6 Å². The highest BCUT2D eigenvalue weighted by Crippen LogP contribution is 2.14. The largest absolute Gasteiger partial charge is 0.324 e. The van der Waals surface area contributed by atoms with E-state index in [1.54, 1.807) is 11.0 Å². The van der Waals surface area contributed by atoms with E-state index in [2.05, 4.69) is 10.0 Å². The summed E-state index contributed by atoms with van der Waals surface area (Å²) in [5, 5.41) is 2.62. The molecule has 2 rings (SSSR count). The number of piperidine rings is 1. The summed E-state index contributed by atoms with van der Waals surface area (Å²) >= 11 is 0. The number of anilines is 1. The number of halogens is 1. The van der Waals surface area contributed by atoms with Gasteiger partial charge in [0.05, 0.1) is 6.26 Å². The van der Waals surface area contributed by atoms with Crippen LogP contribution in [0.5, 0.6) is 0 Å². The van der Waals surface area contributed by atoms with Gasteiger partial charge in [-0.1, -0.05) is 6.07 Å². The van der Waals surface area contributed by atoms with Crippen molar-refractivity contribution in [3.05, 3.63) is 30.1 Å². The van der Waals surface area contributed by atoms with Crippen molar-refractivity contribution >= 4 is 21.7 Å². The Morgan fingerprint density at radius 3 is 2.57 bits per heavy atom. The zero-order valence-corrected chi connectivity index (χ0v) is 12.5. The molecule has 21 heavy (non-hydrogen) atoms. The average Bonchev–Trinajstić information content (AvgIpc) is 2.37. The first-order valence-electron chi connectivity index (χ1n) is 6.62. The molecule has 1 fully saturated rings. The first-order chi connectivity index (χ1) is 9.83. The monoisotopic (exact) mass is 315 g/mol. The predicted octanol–water partition coefficient (Wildman–Crippen LogP) is 1.37. The minimum atomic E-state index is -3.23. The quantitative estimate of drug-likeness (QED) is 0.884. The van der Waals surface area contributed by atoms with Crippen LogP contribution in [0.4, 0.5) is 14.9 Å². The lowest BCUT2D eigenvalue weighted by molar-refractivity contribution is 0.193. The number of urea groups is 1. The number of likely N-dealkylation sites (tertiary alicyclic amines) is 1. The number of benzene rings is 1. The molecular formula is C13H18FN3O3S. The van der Waals surface area contributed by atoms with E-state index in [9.17, 15) is 17.6 Å². The molecule has 0 saturated carbocycles.